The Labute approximate surface area is 210 Å². The second-order valence-corrected chi connectivity index (χ2v) is 10.0. The maximum absolute atomic E-state index is 14.1. The minimum Gasteiger partial charge on any atom is -0.465 e. The van der Waals surface area contributed by atoms with Crippen LogP contribution in [0, 0.1) is 5.82 Å². The van der Waals surface area contributed by atoms with Gasteiger partial charge in [-0.25, -0.2) is 17.6 Å². The maximum Gasteiger partial charge on any atom is 0.340 e. The Hall–Kier alpha value is -3.50. The van der Waals surface area contributed by atoms with Crippen LogP contribution in [0.3, 0.4) is 0 Å². The molecule has 0 atom stereocenters. The number of halogens is 1. The average molecular weight is 513 g/mol. The third kappa shape index (κ3) is 5.05. The van der Waals surface area contributed by atoms with E-state index in [0.29, 0.717) is 25.1 Å². The molecule has 0 spiro atoms. The normalized spacial score (nSPS) is 13.0. The molecular formula is C26H29FN4O4S. The van der Waals surface area contributed by atoms with Crippen LogP contribution in [0.4, 0.5) is 10.1 Å². The second-order valence-electron chi connectivity index (χ2n) is 8.37. The molecule has 4 rings (SSSR count). The van der Waals surface area contributed by atoms with E-state index in [9.17, 15) is 17.6 Å². The second kappa shape index (κ2) is 10.6. The van der Waals surface area contributed by atoms with Gasteiger partial charge in [-0.15, -0.1) is 0 Å². The number of ether oxygens (including phenoxy) is 1. The van der Waals surface area contributed by atoms with Gasteiger partial charge in [0.1, 0.15) is 5.82 Å². The number of rotatable bonds is 9. The molecule has 190 valence electrons. The van der Waals surface area contributed by atoms with Gasteiger partial charge in [0.05, 0.1) is 29.0 Å². The van der Waals surface area contributed by atoms with Gasteiger partial charge in [0, 0.05) is 24.8 Å². The van der Waals surface area contributed by atoms with Crippen molar-refractivity contribution in [2.45, 2.75) is 31.7 Å². The molecule has 1 aromatic heterocycles. The summed E-state index contributed by atoms with van der Waals surface area (Å²) in [5.41, 5.74) is 2.81. The Kier molecular flexibility index (Phi) is 7.56. The number of carbonyl (C=O) groups is 1. The Balaban J connectivity index is 1.73. The number of likely N-dealkylation sites (N-methyl/N-ethyl adjacent to an activating group) is 1. The molecule has 0 saturated carbocycles. The zero-order chi connectivity index (χ0) is 25.9. The largest absolute Gasteiger partial charge is 0.465 e. The maximum atomic E-state index is 14.1. The van der Waals surface area contributed by atoms with Crippen molar-refractivity contribution in [2.24, 2.45) is 0 Å². The summed E-state index contributed by atoms with van der Waals surface area (Å²) < 4.78 is 50.4. The van der Waals surface area contributed by atoms with E-state index in [0.717, 1.165) is 30.4 Å². The molecule has 0 bridgehead atoms. The van der Waals surface area contributed by atoms with Gasteiger partial charge in [0.25, 0.3) is 10.0 Å². The monoisotopic (exact) mass is 512 g/mol. The molecule has 1 N–H and O–H groups in total. The molecule has 2 aromatic carbocycles. The zero-order valence-electron chi connectivity index (χ0n) is 20.5. The number of carbonyl (C=O) groups excluding carboxylic acids is 1. The molecule has 3 aromatic rings. The van der Waals surface area contributed by atoms with Gasteiger partial charge in [0.2, 0.25) is 0 Å². The summed E-state index contributed by atoms with van der Waals surface area (Å²) in [6.45, 7) is 6.90. The molecular weight excluding hydrogens is 483 g/mol. The fraction of sp³-hybridized carbons (Fsp3) is 0.308. The van der Waals surface area contributed by atoms with Crippen molar-refractivity contribution in [3.05, 3.63) is 71.2 Å². The van der Waals surface area contributed by atoms with Crippen LogP contribution in [0.15, 0.2) is 53.6 Å². The number of esters is 1. The number of fused-ring (bicyclic) bond motifs is 3. The summed E-state index contributed by atoms with van der Waals surface area (Å²) in [6.07, 6.45) is 5.58. The number of aryl methyl sites for hydroxylation is 1. The van der Waals surface area contributed by atoms with Crippen molar-refractivity contribution in [3.8, 4) is 11.3 Å². The van der Waals surface area contributed by atoms with E-state index in [1.807, 2.05) is 30.7 Å². The lowest BCUT2D eigenvalue weighted by Gasteiger charge is -2.23. The quantitative estimate of drug-likeness (QED) is 0.432. The Bertz CT molecular complexity index is 1410. The highest BCUT2D eigenvalue weighted by Crippen LogP contribution is 2.36. The molecule has 0 unspecified atom stereocenters. The number of benzene rings is 2. The van der Waals surface area contributed by atoms with Gasteiger partial charge >= 0.3 is 5.97 Å². The van der Waals surface area contributed by atoms with Gasteiger partial charge in [0.15, 0.2) is 0 Å². The first-order valence-corrected chi connectivity index (χ1v) is 13.2. The first-order chi connectivity index (χ1) is 17.3. The molecule has 0 saturated heterocycles. The highest BCUT2D eigenvalue weighted by atomic mass is 32.2. The number of nitrogens with zero attached hydrogens (tertiary/aromatic N) is 3. The fourth-order valence-electron chi connectivity index (χ4n) is 4.43. The van der Waals surface area contributed by atoms with Crippen LogP contribution < -0.4 is 4.72 Å². The van der Waals surface area contributed by atoms with Crippen LogP contribution in [-0.2, 0) is 27.7 Å². The van der Waals surface area contributed by atoms with Crippen molar-refractivity contribution in [1.29, 1.82) is 0 Å². The molecule has 8 nitrogen and oxygen atoms in total. The van der Waals surface area contributed by atoms with Crippen LogP contribution in [0.5, 0.6) is 0 Å². The van der Waals surface area contributed by atoms with Gasteiger partial charge in [-0.2, -0.15) is 5.10 Å². The molecule has 0 fully saturated rings. The lowest BCUT2D eigenvalue weighted by molar-refractivity contribution is 0.0600. The van der Waals surface area contributed by atoms with Gasteiger partial charge in [-0.1, -0.05) is 32.1 Å². The van der Waals surface area contributed by atoms with Gasteiger partial charge in [-0.05, 0) is 61.0 Å². The van der Waals surface area contributed by atoms with E-state index in [2.05, 4.69) is 14.7 Å². The first kappa shape index (κ1) is 25.6. The molecule has 1 aliphatic rings. The number of methoxy groups -OCH3 is 1. The Morgan fingerprint density at radius 1 is 1.22 bits per heavy atom. The molecule has 0 aliphatic carbocycles. The van der Waals surface area contributed by atoms with Crippen LogP contribution in [0.2, 0.25) is 0 Å². The summed E-state index contributed by atoms with van der Waals surface area (Å²) in [5.74, 6) is -1.19. The summed E-state index contributed by atoms with van der Waals surface area (Å²) in [5, 5.41) is 4.28. The summed E-state index contributed by atoms with van der Waals surface area (Å²) in [6, 6.07) is 8.67. The van der Waals surface area contributed by atoms with E-state index in [4.69, 9.17) is 4.74 Å². The van der Waals surface area contributed by atoms with Crippen molar-refractivity contribution < 1.29 is 22.3 Å². The molecule has 0 radical (unpaired) electrons. The Morgan fingerprint density at radius 2 is 2.00 bits per heavy atom. The van der Waals surface area contributed by atoms with Gasteiger partial charge < -0.3 is 9.64 Å². The van der Waals surface area contributed by atoms with E-state index in [1.54, 1.807) is 24.4 Å². The lowest BCUT2D eigenvalue weighted by atomic mass is 9.92. The first-order valence-electron chi connectivity index (χ1n) is 11.8. The predicted molar refractivity (Wildman–Crippen MR) is 137 cm³/mol. The van der Waals surface area contributed by atoms with E-state index < -0.39 is 21.8 Å². The molecule has 0 amide bonds. The standard InChI is InChI=1S/C26H29FN4O4S/c1-4-30(5-2)15-6-7-18-17-19(27)8-11-24(18)36(33,34)29-22-10-9-20-21(25(22)26(32)35-3)13-16-31-23(20)12-14-28-31/h6-12,14,17,29H,4-5,13,15-16H2,1-3H3/b7-6-. The topological polar surface area (TPSA) is 93.5 Å². The number of anilines is 1. The van der Waals surface area contributed by atoms with Crippen molar-refractivity contribution in [3.63, 3.8) is 0 Å². The third-order valence-corrected chi connectivity index (χ3v) is 7.77. The molecule has 1 aliphatic heterocycles. The van der Waals surface area contributed by atoms with Crippen LogP contribution in [0.1, 0.15) is 35.3 Å². The van der Waals surface area contributed by atoms with Crippen LogP contribution in [-0.4, -0.2) is 55.8 Å². The zero-order valence-corrected chi connectivity index (χ0v) is 21.3. The highest BCUT2D eigenvalue weighted by molar-refractivity contribution is 7.92. The van der Waals surface area contributed by atoms with E-state index in [-0.39, 0.29) is 21.7 Å². The van der Waals surface area contributed by atoms with E-state index >= 15 is 0 Å². The highest BCUT2D eigenvalue weighted by Gasteiger charge is 2.28. The summed E-state index contributed by atoms with van der Waals surface area (Å²) in [4.78, 5) is 14.9. The van der Waals surface area contributed by atoms with Crippen molar-refractivity contribution >= 4 is 27.8 Å². The summed E-state index contributed by atoms with van der Waals surface area (Å²) >= 11 is 0. The van der Waals surface area contributed by atoms with Crippen molar-refractivity contribution in [2.75, 3.05) is 31.5 Å². The number of hydrogen-bond donors (Lipinski definition) is 1. The smallest absolute Gasteiger partial charge is 0.340 e. The molecule has 10 heteroatoms. The van der Waals surface area contributed by atoms with E-state index in [1.165, 1.54) is 19.2 Å². The van der Waals surface area contributed by atoms with Crippen molar-refractivity contribution in [1.82, 2.24) is 14.7 Å². The molecule has 36 heavy (non-hydrogen) atoms. The fourth-order valence-corrected chi connectivity index (χ4v) is 5.68. The number of aromatic nitrogens is 2. The minimum atomic E-state index is -4.17. The average Bonchev–Trinajstić information content (AvgIpc) is 3.35. The molecule has 2 heterocycles. The summed E-state index contributed by atoms with van der Waals surface area (Å²) in [7, 11) is -2.91. The van der Waals surface area contributed by atoms with Crippen LogP contribution >= 0.6 is 0 Å². The number of nitrogens with one attached hydrogen (secondary N) is 1. The number of sulfonamides is 1. The van der Waals surface area contributed by atoms with Gasteiger partial charge in [-0.3, -0.25) is 9.40 Å². The predicted octanol–water partition coefficient (Wildman–Crippen LogP) is 4.19. The third-order valence-electron chi connectivity index (χ3n) is 6.33. The number of hydrogen-bond acceptors (Lipinski definition) is 6. The minimum absolute atomic E-state index is 0.0914. The lowest BCUT2D eigenvalue weighted by Crippen LogP contribution is -2.22. The Morgan fingerprint density at radius 3 is 2.72 bits per heavy atom. The SMILES string of the molecule is CCN(CC)C/C=C\c1cc(F)ccc1S(=O)(=O)Nc1ccc2c(c1C(=O)OC)CCn1nccc1-2. The van der Waals surface area contributed by atoms with Crippen LogP contribution in [0.25, 0.3) is 17.3 Å².